The van der Waals surface area contributed by atoms with Crippen molar-refractivity contribution in [1.29, 1.82) is 0 Å². The van der Waals surface area contributed by atoms with Crippen molar-refractivity contribution in [2.24, 2.45) is 0 Å². The van der Waals surface area contributed by atoms with Gasteiger partial charge in [-0.3, -0.25) is 20.4 Å². The lowest BCUT2D eigenvalue weighted by Gasteiger charge is -2.11. The molecule has 118 valence electrons. The van der Waals surface area contributed by atoms with Crippen LogP contribution in [-0.4, -0.2) is 37.1 Å². The summed E-state index contributed by atoms with van der Waals surface area (Å²) in [6.45, 7) is 0.0446. The SMILES string of the molecule is O=C(COC(=O)[C@H]1CCCO1)NNC(=O)c1ccccc1Br. The molecule has 0 aliphatic carbocycles. The van der Waals surface area contributed by atoms with Crippen LogP contribution < -0.4 is 10.9 Å². The van der Waals surface area contributed by atoms with E-state index < -0.39 is 30.5 Å². The van der Waals surface area contributed by atoms with Crippen LogP contribution in [-0.2, 0) is 19.1 Å². The minimum atomic E-state index is -0.633. The van der Waals surface area contributed by atoms with Gasteiger partial charge >= 0.3 is 5.97 Å². The molecule has 8 heteroatoms. The molecule has 0 bridgehead atoms. The van der Waals surface area contributed by atoms with E-state index in [-0.39, 0.29) is 0 Å². The fourth-order valence-electron chi connectivity index (χ4n) is 1.87. The van der Waals surface area contributed by atoms with Crippen molar-refractivity contribution in [2.45, 2.75) is 18.9 Å². The Bertz CT molecular complexity index is 572. The van der Waals surface area contributed by atoms with E-state index in [0.717, 1.165) is 6.42 Å². The predicted molar refractivity (Wildman–Crippen MR) is 79.7 cm³/mol. The molecule has 1 saturated heterocycles. The molecule has 2 N–H and O–H groups in total. The summed E-state index contributed by atoms with van der Waals surface area (Å²) in [6.07, 6.45) is 0.801. The van der Waals surface area contributed by atoms with E-state index in [0.29, 0.717) is 23.1 Å². The Morgan fingerprint density at radius 3 is 2.73 bits per heavy atom. The van der Waals surface area contributed by atoms with Gasteiger partial charge in [0.15, 0.2) is 12.7 Å². The van der Waals surface area contributed by atoms with Gasteiger partial charge in [0.25, 0.3) is 11.8 Å². The number of hydrogen-bond donors (Lipinski definition) is 2. The van der Waals surface area contributed by atoms with Gasteiger partial charge in [0.05, 0.1) is 5.56 Å². The molecule has 1 aliphatic rings. The van der Waals surface area contributed by atoms with Gasteiger partial charge in [-0.15, -0.1) is 0 Å². The molecule has 0 unspecified atom stereocenters. The third-order valence-electron chi connectivity index (χ3n) is 2.97. The average Bonchev–Trinajstić information content (AvgIpc) is 3.05. The topological polar surface area (TPSA) is 93.7 Å². The Kier molecular flexibility index (Phi) is 5.91. The number of rotatable bonds is 4. The zero-order valence-electron chi connectivity index (χ0n) is 11.6. The summed E-state index contributed by atoms with van der Waals surface area (Å²) in [5.74, 6) is -1.68. The average molecular weight is 371 g/mol. The van der Waals surface area contributed by atoms with Gasteiger partial charge in [-0.1, -0.05) is 12.1 Å². The van der Waals surface area contributed by atoms with Crippen molar-refractivity contribution in [1.82, 2.24) is 10.9 Å². The lowest BCUT2D eigenvalue weighted by atomic mass is 10.2. The molecule has 22 heavy (non-hydrogen) atoms. The van der Waals surface area contributed by atoms with Crippen LogP contribution in [0.15, 0.2) is 28.7 Å². The zero-order chi connectivity index (χ0) is 15.9. The molecule has 1 fully saturated rings. The quantitative estimate of drug-likeness (QED) is 0.607. The van der Waals surface area contributed by atoms with E-state index in [4.69, 9.17) is 9.47 Å². The number of carbonyl (C=O) groups excluding carboxylic acids is 3. The molecule has 2 rings (SSSR count). The fourth-order valence-corrected chi connectivity index (χ4v) is 2.33. The molecule has 7 nitrogen and oxygen atoms in total. The van der Waals surface area contributed by atoms with Crippen molar-refractivity contribution < 1.29 is 23.9 Å². The predicted octanol–water partition coefficient (Wildman–Crippen LogP) is 0.932. The monoisotopic (exact) mass is 370 g/mol. The Morgan fingerprint density at radius 2 is 2.05 bits per heavy atom. The summed E-state index contributed by atoms with van der Waals surface area (Å²) in [4.78, 5) is 34.9. The minimum Gasteiger partial charge on any atom is -0.454 e. The molecular formula is C14H15BrN2O5. The number of esters is 1. The van der Waals surface area contributed by atoms with Crippen LogP contribution in [0, 0.1) is 0 Å². The number of carbonyl (C=O) groups is 3. The lowest BCUT2D eigenvalue weighted by Crippen LogP contribution is -2.44. The summed E-state index contributed by atoms with van der Waals surface area (Å²) in [5.41, 5.74) is 4.79. The first kappa shape index (κ1) is 16.4. The first-order chi connectivity index (χ1) is 10.6. The highest BCUT2D eigenvalue weighted by atomic mass is 79.9. The van der Waals surface area contributed by atoms with Gasteiger partial charge in [-0.25, -0.2) is 4.79 Å². The van der Waals surface area contributed by atoms with Crippen molar-refractivity contribution in [3.05, 3.63) is 34.3 Å². The van der Waals surface area contributed by atoms with Crippen LogP contribution in [0.5, 0.6) is 0 Å². The maximum atomic E-state index is 11.8. The molecule has 0 radical (unpaired) electrons. The second kappa shape index (κ2) is 7.90. The number of amides is 2. The first-order valence-corrected chi connectivity index (χ1v) is 7.49. The zero-order valence-corrected chi connectivity index (χ0v) is 13.2. The molecule has 2 amide bonds. The smallest absolute Gasteiger partial charge is 0.335 e. The number of ether oxygens (including phenoxy) is 2. The second-order valence-electron chi connectivity index (χ2n) is 4.59. The number of halogens is 1. The summed E-state index contributed by atoms with van der Waals surface area (Å²) < 4.78 is 10.6. The first-order valence-electron chi connectivity index (χ1n) is 6.70. The van der Waals surface area contributed by atoms with Crippen molar-refractivity contribution >= 4 is 33.7 Å². The van der Waals surface area contributed by atoms with E-state index in [1.165, 1.54) is 0 Å². The molecule has 0 spiro atoms. The second-order valence-corrected chi connectivity index (χ2v) is 5.45. The molecule has 1 aromatic carbocycles. The van der Waals surface area contributed by atoms with Gasteiger partial charge in [0.1, 0.15) is 0 Å². The minimum absolute atomic E-state index is 0.374. The maximum Gasteiger partial charge on any atom is 0.335 e. The van der Waals surface area contributed by atoms with Crippen LogP contribution in [0.1, 0.15) is 23.2 Å². The van der Waals surface area contributed by atoms with E-state index >= 15 is 0 Å². The Morgan fingerprint density at radius 1 is 1.27 bits per heavy atom. The third-order valence-corrected chi connectivity index (χ3v) is 3.66. The molecule has 0 saturated carbocycles. The summed E-state index contributed by atoms with van der Waals surface area (Å²) in [6, 6.07) is 6.78. The molecule has 1 aliphatic heterocycles. The Hall–Kier alpha value is -1.93. The van der Waals surface area contributed by atoms with Crippen LogP contribution >= 0.6 is 15.9 Å². The highest BCUT2D eigenvalue weighted by molar-refractivity contribution is 9.10. The number of benzene rings is 1. The molecule has 1 atom stereocenters. The van der Waals surface area contributed by atoms with Gasteiger partial charge < -0.3 is 9.47 Å². The number of nitrogens with one attached hydrogen (secondary N) is 2. The van der Waals surface area contributed by atoms with Crippen LogP contribution in [0.2, 0.25) is 0 Å². The van der Waals surface area contributed by atoms with E-state index in [9.17, 15) is 14.4 Å². The molecular weight excluding hydrogens is 356 g/mol. The highest BCUT2D eigenvalue weighted by Gasteiger charge is 2.25. The van der Waals surface area contributed by atoms with Crippen LogP contribution in [0.3, 0.4) is 0 Å². The molecule has 1 aromatic rings. The van der Waals surface area contributed by atoms with Gasteiger partial charge in [0.2, 0.25) is 0 Å². The van der Waals surface area contributed by atoms with E-state index in [2.05, 4.69) is 26.8 Å². The lowest BCUT2D eigenvalue weighted by molar-refractivity contribution is -0.157. The Balaban J connectivity index is 1.72. The maximum absolute atomic E-state index is 11.8. The summed E-state index contributed by atoms with van der Waals surface area (Å²) in [5, 5.41) is 0. The highest BCUT2D eigenvalue weighted by Crippen LogP contribution is 2.15. The van der Waals surface area contributed by atoms with Crippen LogP contribution in [0.4, 0.5) is 0 Å². The molecule has 1 heterocycles. The van der Waals surface area contributed by atoms with Crippen LogP contribution in [0.25, 0.3) is 0 Å². The normalized spacial score (nSPS) is 16.9. The summed E-state index contributed by atoms with van der Waals surface area (Å²) in [7, 11) is 0. The van der Waals surface area contributed by atoms with E-state index in [1.807, 2.05) is 0 Å². The standard InChI is InChI=1S/C14H15BrN2O5/c15-10-5-2-1-4-9(10)13(19)17-16-12(18)8-22-14(20)11-6-3-7-21-11/h1-2,4-5,11H,3,6-8H2,(H,16,18)(H,17,19)/t11-/m1/s1. The van der Waals surface area contributed by atoms with Crippen molar-refractivity contribution in [3.8, 4) is 0 Å². The van der Waals surface area contributed by atoms with E-state index in [1.54, 1.807) is 24.3 Å². The summed E-state index contributed by atoms with van der Waals surface area (Å²) >= 11 is 3.23. The van der Waals surface area contributed by atoms with Crippen molar-refractivity contribution in [2.75, 3.05) is 13.2 Å². The van der Waals surface area contributed by atoms with Gasteiger partial charge in [-0.05, 0) is 40.9 Å². The van der Waals surface area contributed by atoms with Crippen molar-refractivity contribution in [3.63, 3.8) is 0 Å². The molecule has 0 aromatic heterocycles. The fraction of sp³-hybridized carbons (Fsp3) is 0.357. The third kappa shape index (κ3) is 4.54. The van der Waals surface area contributed by atoms with Gasteiger partial charge in [0, 0.05) is 11.1 Å². The van der Waals surface area contributed by atoms with Gasteiger partial charge in [-0.2, -0.15) is 0 Å². The Labute approximate surface area is 135 Å². The largest absolute Gasteiger partial charge is 0.454 e. The number of hydrazine groups is 1. The number of hydrogen-bond acceptors (Lipinski definition) is 5.